The highest BCUT2D eigenvalue weighted by molar-refractivity contribution is 5.71. The van der Waals surface area contributed by atoms with Gasteiger partial charge in [0.2, 0.25) is 0 Å². The maximum absolute atomic E-state index is 9.65. The molecule has 0 aliphatic heterocycles. The molecule has 1 aromatic rings. The minimum atomic E-state index is -0.415. The molecular weight excluding hydrogens is 192 g/mol. The minimum Gasteiger partial charge on any atom is -0.508 e. The van der Waals surface area contributed by atoms with Crippen molar-refractivity contribution in [1.29, 1.82) is 0 Å². The van der Waals surface area contributed by atoms with Crippen molar-refractivity contribution in [3.05, 3.63) is 29.8 Å². The van der Waals surface area contributed by atoms with Crippen LogP contribution >= 0.6 is 0 Å². The van der Waals surface area contributed by atoms with Crippen LogP contribution in [0.1, 0.15) is 24.8 Å². The smallest absolute Gasteiger partial charge is 0.126 e. The highest BCUT2D eigenvalue weighted by atomic mass is 16.3. The number of rotatable bonds is 1. The topological polar surface area (TPSA) is 60.7 Å². The van der Waals surface area contributed by atoms with Gasteiger partial charge in [0.15, 0.2) is 0 Å². The van der Waals surface area contributed by atoms with E-state index in [0.29, 0.717) is 5.56 Å². The van der Waals surface area contributed by atoms with Crippen molar-refractivity contribution in [3.63, 3.8) is 0 Å². The monoisotopic (exact) mass is 206 g/mol. The first kappa shape index (κ1) is 10.1. The fourth-order valence-electron chi connectivity index (χ4n) is 1.92. The third-order valence-corrected chi connectivity index (χ3v) is 2.67. The summed E-state index contributed by atoms with van der Waals surface area (Å²) in [6.07, 6.45) is 3.92. The molecule has 1 aliphatic carbocycles. The van der Waals surface area contributed by atoms with Gasteiger partial charge in [0.05, 0.1) is 6.10 Å². The molecule has 0 aromatic heterocycles. The Balaban J connectivity index is 2.37. The molecule has 0 spiro atoms. The fourth-order valence-corrected chi connectivity index (χ4v) is 1.92. The summed E-state index contributed by atoms with van der Waals surface area (Å²) >= 11 is 0. The molecule has 0 amide bonds. The Hall–Kier alpha value is -1.48. The summed E-state index contributed by atoms with van der Waals surface area (Å²) in [6, 6.07) is 4.53. The molecule has 2 rings (SSSR count). The number of hydrogen-bond donors (Lipinski definition) is 3. The number of benzene rings is 1. The lowest BCUT2D eigenvalue weighted by Gasteiger charge is -2.18. The van der Waals surface area contributed by atoms with E-state index < -0.39 is 6.10 Å². The average Bonchev–Trinajstić information content (AvgIpc) is 2.17. The third kappa shape index (κ3) is 2.13. The fraction of sp³-hybridized carbons (Fsp3) is 0.333. The summed E-state index contributed by atoms with van der Waals surface area (Å²) in [5, 5.41) is 28.3. The molecule has 1 unspecified atom stereocenters. The summed E-state index contributed by atoms with van der Waals surface area (Å²) < 4.78 is 0. The van der Waals surface area contributed by atoms with E-state index in [0.717, 1.165) is 24.8 Å². The Morgan fingerprint density at radius 2 is 2.00 bits per heavy atom. The molecule has 3 heteroatoms. The molecule has 0 saturated carbocycles. The van der Waals surface area contributed by atoms with Gasteiger partial charge in [0.1, 0.15) is 11.5 Å². The van der Waals surface area contributed by atoms with Gasteiger partial charge < -0.3 is 15.3 Å². The molecular formula is C12H14O3. The molecule has 1 aromatic carbocycles. The molecule has 80 valence electrons. The van der Waals surface area contributed by atoms with Gasteiger partial charge in [-0.25, -0.2) is 0 Å². The Bertz CT molecular complexity index is 396. The number of phenolic OH excluding ortho intramolecular Hbond substituents is 2. The summed E-state index contributed by atoms with van der Waals surface area (Å²) in [6.45, 7) is 0. The number of phenols is 2. The molecule has 0 bridgehead atoms. The van der Waals surface area contributed by atoms with E-state index in [4.69, 9.17) is 5.11 Å². The van der Waals surface area contributed by atoms with Crippen LogP contribution in [-0.4, -0.2) is 21.4 Å². The lowest BCUT2D eigenvalue weighted by molar-refractivity contribution is 0.206. The second-order valence-corrected chi connectivity index (χ2v) is 3.85. The number of aliphatic hydroxyl groups excluding tert-OH is 1. The number of hydrogen-bond acceptors (Lipinski definition) is 3. The van der Waals surface area contributed by atoms with E-state index in [9.17, 15) is 10.2 Å². The average molecular weight is 206 g/mol. The van der Waals surface area contributed by atoms with Gasteiger partial charge in [-0.2, -0.15) is 0 Å². The van der Waals surface area contributed by atoms with Gasteiger partial charge in [0.25, 0.3) is 0 Å². The lowest BCUT2D eigenvalue weighted by Crippen LogP contribution is -2.08. The molecule has 15 heavy (non-hydrogen) atoms. The Morgan fingerprint density at radius 3 is 2.67 bits per heavy atom. The van der Waals surface area contributed by atoms with Crippen LogP contribution in [0.3, 0.4) is 0 Å². The van der Waals surface area contributed by atoms with E-state index >= 15 is 0 Å². The summed E-state index contributed by atoms with van der Waals surface area (Å²) in [4.78, 5) is 0. The van der Waals surface area contributed by atoms with Gasteiger partial charge in [-0.15, -0.1) is 0 Å². The number of aromatic hydroxyl groups is 2. The first-order chi connectivity index (χ1) is 7.16. The maximum Gasteiger partial charge on any atom is 0.126 e. The lowest BCUT2D eigenvalue weighted by atomic mass is 9.92. The predicted octanol–water partition coefficient (Wildman–Crippen LogP) is 2.03. The maximum atomic E-state index is 9.65. The van der Waals surface area contributed by atoms with Gasteiger partial charge in [-0.1, -0.05) is 6.08 Å². The first-order valence-electron chi connectivity index (χ1n) is 5.08. The minimum absolute atomic E-state index is 0.0493. The molecule has 0 fully saturated rings. The van der Waals surface area contributed by atoms with Crippen molar-refractivity contribution in [2.45, 2.75) is 25.4 Å². The van der Waals surface area contributed by atoms with Crippen molar-refractivity contribution in [2.24, 2.45) is 0 Å². The van der Waals surface area contributed by atoms with Crippen molar-refractivity contribution in [3.8, 4) is 11.5 Å². The Morgan fingerprint density at radius 1 is 1.20 bits per heavy atom. The predicted molar refractivity (Wildman–Crippen MR) is 57.6 cm³/mol. The molecule has 3 N–H and O–H groups in total. The molecule has 3 nitrogen and oxygen atoms in total. The van der Waals surface area contributed by atoms with Crippen LogP contribution in [0.15, 0.2) is 24.3 Å². The zero-order valence-electron chi connectivity index (χ0n) is 8.35. The Kier molecular flexibility index (Phi) is 2.64. The van der Waals surface area contributed by atoms with Crippen LogP contribution in [0.25, 0.3) is 5.57 Å². The van der Waals surface area contributed by atoms with Crippen molar-refractivity contribution in [2.75, 3.05) is 0 Å². The normalized spacial score (nSPS) is 21.1. The van der Waals surface area contributed by atoms with Crippen LogP contribution in [0.2, 0.25) is 0 Å². The van der Waals surface area contributed by atoms with E-state index in [1.807, 2.05) is 0 Å². The van der Waals surface area contributed by atoms with Crippen molar-refractivity contribution in [1.82, 2.24) is 0 Å². The molecule has 0 saturated heterocycles. The SMILES string of the molecule is Oc1ccc(C2=CC(O)CCC2)c(O)c1. The molecule has 0 heterocycles. The second-order valence-electron chi connectivity index (χ2n) is 3.85. The van der Waals surface area contributed by atoms with E-state index in [1.54, 1.807) is 12.1 Å². The summed E-state index contributed by atoms with van der Waals surface area (Å²) in [5.41, 5.74) is 1.65. The van der Waals surface area contributed by atoms with E-state index in [2.05, 4.69) is 0 Å². The summed E-state index contributed by atoms with van der Waals surface area (Å²) in [5.74, 6) is 0.114. The first-order valence-corrected chi connectivity index (χ1v) is 5.08. The van der Waals surface area contributed by atoms with Crippen LogP contribution in [0.4, 0.5) is 0 Å². The number of aliphatic hydroxyl groups is 1. The number of allylic oxidation sites excluding steroid dienone is 1. The Labute approximate surface area is 88.3 Å². The van der Waals surface area contributed by atoms with Crippen molar-refractivity contribution < 1.29 is 15.3 Å². The molecule has 1 aliphatic rings. The molecule has 0 radical (unpaired) electrons. The van der Waals surface area contributed by atoms with Crippen LogP contribution in [0, 0.1) is 0 Å². The quantitative estimate of drug-likeness (QED) is 0.658. The zero-order valence-corrected chi connectivity index (χ0v) is 8.35. The standard InChI is InChI=1S/C12H14O3/c13-9-3-1-2-8(6-9)11-5-4-10(14)7-12(11)15/h4-7,9,13-15H,1-3H2. The van der Waals surface area contributed by atoms with Crippen LogP contribution < -0.4 is 0 Å². The van der Waals surface area contributed by atoms with Gasteiger partial charge in [-0.3, -0.25) is 0 Å². The summed E-state index contributed by atoms with van der Waals surface area (Å²) in [7, 11) is 0. The van der Waals surface area contributed by atoms with E-state index in [1.165, 1.54) is 12.1 Å². The molecule has 1 atom stereocenters. The highest BCUT2D eigenvalue weighted by Crippen LogP contribution is 2.34. The largest absolute Gasteiger partial charge is 0.508 e. The highest BCUT2D eigenvalue weighted by Gasteiger charge is 2.14. The van der Waals surface area contributed by atoms with Gasteiger partial charge in [0, 0.05) is 11.6 Å². The van der Waals surface area contributed by atoms with E-state index in [-0.39, 0.29) is 11.5 Å². The van der Waals surface area contributed by atoms with Crippen molar-refractivity contribution >= 4 is 5.57 Å². The van der Waals surface area contributed by atoms with Crippen LogP contribution in [0.5, 0.6) is 11.5 Å². The zero-order chi connectivity index (χ0) is 10.8. The second kappa shape index (κ2) is 3.95. The van der Waals surface area contributed by atoms with Gasteiger partial charge >= 0.3 is 0 Å². The third-order valence-electron chi connectivity index (χ3n) is 2.67. The van der Waals surface area contributed by atoms with Gasteiger partial charge in [-0.05, 0) is 37.0 Å². The van der Waals surface area contributed by atoms with Crippen LogP contribution in [-0.2, 0) is 0 Å².